The van der Waals surface area contributed by atoms with Crippen LogP contribution in [0.5, 0.6) is 5.75 Å². The van der Waals surface area contributed by atoms with Gasteiger partial charge in [-0.2, -0.15) is 13.2 Å². The van der Waals surface area contributed by atoms with E-state index in [1.54, 1.807) is 13.0 Å². The standard InChI is InChI=1S/C11H14F3NO/c1-2-16-10-4-3-8(5-6-15)7-9(10)11(12,13)14/h3-4,7H,2,5-6,15H2,1H3. The minimum atomic E-state index is -4.39. The largest absolute Gasteiger partial charge is 0.493 e. The average molecular weight is 233 g/mol. The molecule has 0 amide bonds. The summed E-state index contributed by atoms with van der Waals surface area (Å²) >= 11 is 0. The molecule has 1 aromatic carbocycles. The van der Waals surface area contributed by atoms with Crippen LogP contribution in [0.15, 0.2) is 18.2 Å². The topological polar surface area (TPSA) is 35.2 Å². The van der Waals surface area contributed by atoms with Gasteiger partial charge in [0.05, 0.1) is 12.2 Å². The quantitative estimate of drug-likeness (QED) is 0.867. The molecule has 0 bridgehead atoms. The molecule has 5 heteroatoms. The third-order valence-electron chi connectivity index (χ3n) is 2.08. The maximum absolute atomic E-state index is 12.7. The lowest BCUT2D eigenvalue weighted by molar-refractivity contribution is -0.138. The van der Waals surface area contributed by atoms with Crippen molar-refractivity contribution in [3.8, 4) is 5.75 Å². The second kappa shape index (κ2) is 5.21. The Labute approximate surface area is 92.2 Å². The molecule has 0 aliphatic rings. The molecule has 0 saturated carbocycles. The van der Waals surface area contributed by atoms with E-state index in [1.165, 1.54) is 6.07 Å². The lowest BCUT2D eigenvalue weighted by atomic mass is 10.1. The highest BCUT2D eigenvalue weighted by molar-refractivity contribution is 5.39. The Morgan fingerprint density at radius 2 is 2.00 bits per heavy atom. The maximum Gasteiger partial charge on any atom is 0.419 e. The zero-order valence-corrected chi connectivity index (χ0v) is 8.97. The number of ether oxygens (including phenoxy) is 1. The first-order valence-electron chi connectivity index (χ1n) is 5.02. The van der Waals surface area contributed by atoms with Crippen LogP contribution in [0.1, 0.15) is 18.1 Å². The van der Waals surface area contributed by atoms with E-state index >= 15 is 0 Å². The van der Waals surface area contributed by atoms with E-state index < -0.39 is 11.7 Å². The van der Waals surface area contributed by atoms with Crippen molar-refractivity contribution in [3.05, 3.63) is 29.3 Å². The summed E-state index contributed by atoms with van der Waals surface area (Å²) < 4.78 is 43.0. The van der Waals surface area contributed by atoms with Crippen LogP contribution >= 0.6 is 0 Å². The molecular formula is C11H14F3NO. The van der Waals surface area contributed by atoms with Crippen LogP contribution in [0.3, 0.4) is 0 Å². The number of rotatable bonds is 4. The lowest BCUT2D eigenvalue weighted by Gasteiger charge is -2.14. The lowest BCUT2D eigenvalue weighted by Crippen LogP contribution is -2.10. The number of alkyl halides is 3. The minimum Gasteiger partial charge on any atom is -0.493 e. The van der Waals surface area contributed by atoms with Gasteiger partial charge in [-0.25, -0.2) is 0 Å². The Hall–Kier alpha value is -1.23. The molecule has 0 aromatic heterocycles. The summed E-state index contributed by atoms with van der Waals surface area (Å²) in [6.45, 7) is 2.18. The number of nitrogens with two attached hydrogens (primary N) is 1. The van der Waals surface area contributed by atoms with Crippen LogP contribution in [0.4, 0.5) is 13.2 Å². The predicted octanol–water partition coefficient (Wildman–Crippen LogP) is 2.61. The Balaban J connectivity index is 3.11. The van der Waals surface area contributed by atoms with Gasteiger partial charge in [-0.3, -0.25) is 0 Å². The average Bonchev–Trinajstić information content (AvgIpc) is 2.19. The van der Waals surface area contributed by atoms with E-state index in [4.69, 9.17) is 10.5 Å². The number of hydrogen-bond donors (Lipinski definition) is 1. The van der Waals surface area contributed by atoms with Crippen molar-refractivity contribution >= 4 is 0 Å². The highest BCUT2D eigenvalue weighted by Crippen LogP contribution is 2.36. The third-order valence-corrected chi connectivity index (χ3v) is 2.08. The number of halogens is 3. The molecule has 0 spiro atoms. The SMILES string of the molecule is CCOc1ccc(CCN)cc1C(F)(F)F. The van der Waals surface area contributed by atoms with Gasteiger partial charge in [-0.1, -0.05) is 6.07 Å². The summed E-state index contributed by atoms with van der Waals surface area (Å²) in [5, 5.41) is 0. The maximum atomic E-state index is 12.7. The normalized spacial score (nSPS) is 11.6. The van der Waals surface area contributed by atoms with Gasteiger partial charge in [-0.05, 0) is 37.6 Å². The molecule has 0 saturated heterocycles. The van der Waals surface area contributed by atoms with Gasteiger partial charge >= 0.3 is 6.18 Å². The van der Waals surface area contributed by atoms with Gasteiger partial charge in [0.15, 0.2) is 0 Å². The second-order valence-corrected chi connectivity index (χ2v) is 3.30. The fourth-order valence-corrected chi connectivity index (χ4v) is 1.40. The van der Waals surface area contributed by atoms with Crippen LogP contribution in [0.2, 0.25) is 0 Å². The molecule has 16 heavy (non-hydrogen) atoms. The summed E-state index contributed by atoms with van der Waals surface area (Å²) in [5.74, 6) is -0.129. The van der Waals surface area contributed by atoms with E-state index in [1.807, 2.05) is 0 Å². The molecule has 1 aromatic rings. The van der Waals surface area contributed by atoms with E-state index in [0.717, 1.165) is 6.07 Å². The van der Waals surface area contributed by atoms with Gasteiger partial charge in [-0.15, -0.1) is 0 Å². The highest BCUT2D eigenvalue weighted by atomic mass is 19.4. The summed E-state index contributed by atoms with van der Waals surface area (Å²) in [7, 11) is 0. The molecular weight excluding hydrogens is 219 g/mol. The monoisotopic (exact) mass is 233 g/mol. The van der Waals surface area contributed by atoms with Gasteiger partial charge in [0.25, 0.3) is 0 Å². The second-order valence-electron chi connectivity index (χ2n) is 3.30. The first kappa shape index (κ1) is 12.8. The van der Waals surface area contributed by atoms with Crippen molar-refractivity contribution < 1.29 is 17.9 Å². The molecule has 0 aliphatic carbocycles. The van der Waals surface area contributed by atoms with Crippen molar-refractivity contribution in [2.45, 2.75) is 19.5 Å². The molecule has 0 heterocycles. The van der Waals surface area contributed by atoms with Gasteiger partial charge in [0.1, 0.15) is 5.75 Å². The van der Waals surface area contributed by atoms with Crippen molar-refractivity contribution in [1.82, 2.24) is 0 Å². The van der Waals surface area contributed by atoms with E-state index in [2.05, 4.69) is 0 Å². The molecule has 0 atom stereocenters. The molecule has 90 valence electrons. The van der Waals surface area contributed by atoms with Crippen LogP contribution < -0.4 is 10.5 Å². The van der Waals surface area contributed by atoms with E-state index in [0.29, 0.717) is 18.5 Å². The molecule has 2 N–H and O–H groups in total. The minimum absolute atomic E-state index is 0.129. The zero-order chi connectivity index (χ0) is 12.2. The van der Waals surface area contributed by atoms with Crippen LogP contribution in [0.25, 0.3) is 0 Å². The van der Waals surface area contributed by atoms with Gasteiger partial charge in [0.2, 0.25) is 0 Å². The number of benzene rings is 1. The molecule has 1 rings (SSSR count). The summed E-state index contributed by atoms with van der Waals surface area (Å²) in [4.78, 5) is 0. The fraction of sp³-hybridized carbons (Fsp3) is 0.455. The zero-order valence-electron chi connectivity index (χ0n) is 8.97. The summed E-state index contributed by atoms with van der Waals surface area (Å²) in [6, 6.07) is 4.04. The fourth-order valence-electron chi connectivity index (χ4n) is 1.40. The third kappa shape index (κ3) is 3.13. The smallest absolute Gasteiger partial charge is 0.419 e. The van der Waals surface area contributed by atoms with Crippen LogP contribution in [-0.2, 0) is 12.6 Å². The van der Waals surface area contributed by atoms with Crippen LogP contribution in [0, 0.1) is 0 Å². The van der Waals surface area contributed by atoms with Gasteiger partial charge in [0, 0.05) is 0 Å². The molecule has 2 nitrogen and oxygen atoms in total. The van der Waals surface area contributed by atoms with Crippen molar-refractivity contribution in [1.29, 1.82) is 0 Å². The molecule has 0 aliphatic heterocycles. The molecule has 0 fully saturated rings. The Morgan fingerprint density at radius 3 is 2.50 bits per heavy atom. The highest BCUT2D eigenvalue weighted by Gasteiger charge is 2.34. The predicted molar refractivity (Wildman–Crippen MR) is 55.4 cm³/mol. The Kier molecular flexibility index (Phi) is 4.18. The van der Waals surface area contributed by atoms with Crippen molar-refractivity contribution in [2.24, 2.45) is 5.73 Å². The Bertz CT molecular complexity index is 350. The van der Waals surface area contributed by atoms with Crippen LogP contribution in [-0.4, -0.2) is 13.2 Å². The summed E-state index contributed by atoms with van der Waals surface area (Å²) in [5.41, 5.74) is 5.14. The first-order valence-corrected chi connectivity index (χ1v) is 5.02. The summed E-state index contributed by atoms with van der Waals surface area (Å²) in [6.07, 6.45) is -3.97. The van der Waals surface area contributed by atoms with Crippen molar-refractivity contribution in [3.63, 3.8) is 0 Å². The first-order chi connectivity index (χ1) is 7.49. The molecule has 0 unspecified atom stereocenters. The molecule has 0 radical (unpaired) electrons. The number of hydrogen-bond acceptors (Lipinski definition) is 2. The van der Waals surface area contributed by atoms with E-state index in [-0.39, 0.29) is 12.4 Å². The van der Waals surface area contributed by atoms with E-state index in [9.17, 15) is 13.2 Å². The Morgan fingerprint density at radius 1 is 1.31 bits per heavy atom. The van der Waals surface area contributed by atoms with Gasteiger partial charge < -0.3 is 10.5 Å². The van der Waals surface area contributed by atoms with Crippen molar-refractivity contribution in [2.75, 3.05) is 13.2 Å².